The van der Waals surface area contributed by atoms with E-state index in [1.54, 1.807) is 6.92 Å². The first-order chi connectivity index (χ1) is 5.76. The second kappa shape index (κ2) is 6.06. The fourth-order valence-electron chi connectivity index (χ4n) is 0.595. The molecule has 0 aliphatic carbocycles. The Bertz CT molecular complexity index is 208. The van der Waals surface area contributed by atoms with Gasteiger partial charge in [-0.05, 0) is 6.92 Å². The van der Waals surface area contributed by atoms with E-state index >= 15 is 0 Å². The summed E-state index contributed by atoms with van der Waals surface area (Å²) in [6.45, 7) is 2.04. The van der Waals surface area contributed by atoms with Crippen LogP contribution in [-0.2, 0) is 4.74 Å². The van der Waals surface area contributed by atoms with Crippen molar-refractivity contribution in [2.24, 2.45) is 0 Å². The molecule has 4 heteroatoms. The molecule has 1 amide bonds. The molecule has 0 aromatic carbocycles. The number of ether oxygens (including phenoxy) is 1. The third-order valence-electron chi connectivity index (χ3n) is 1.07. The Labute approximate surface area is 71.7 Å². The summed E-state index contributed by atoms with van der Waals surface area (Å²) in [5, 5.41) is 8.31. The number of nitriles is 1. The number of hydrogen-bond donors (Lipinski definition) is 0. The Hall–Kier alpha value is -1.68. The van der Waals surface area contributed by atoms with Crippen molar-refractivity contribution in [2.75, 3.05) is 19.7 Å². The summed E-state index contributed by atoms with van der Waals surface area (Å²) in [5.41, 5.74) is 0. The van der Waals surface area contributed by atoms with Crippen LogP contribution in [0.1, 0.15) is 6.92 Å². The highest BCUT2D eigenvalue weighted by Crippen LogP contribution is 1.91. The van der Waals surface area contributed by atoms with Gasteiger partial charge in [-0.3, -0.25) is 4.90 Å². The molecule has 12 heavy (non-hydrogen) atoms. The molecule has 0 fully saturated rings. The number of terminal acetylenes is 1. The van der Waals surface area contributed by atoms with Crippen LogP contribution in [0.5, 0.6) is 0 Å². The lowest BCUT2D eigenvalue weighted by molar-refractivity contribution is 0.116. The molecule has 0 rings (SSSR count). The molecule has 64 valence electrons. The molecular weight excluding hydrogens is 156 g/mol. The highest BCUT2D eigenvalue weighted by Gasteiger charge is 2.11. The van der Waals surface area contributed by atoms with Crippen molar-refractivity contribution in [3.05, 3.63) is 0 Å². The summed E-state index contributed by atoms with van der Waals surface area (Å²) in [7, 11) is 0. The maximum absolute atomic E-state index is 11.0. The summed E-state index contributed by atoms with van der Waals surface area (Å²) >= 11 is 0. The number of carbonyl (C=O) groups is 1. The van der Waals surface area contributed by atoms with E-state index in [1.165, 1.54) is 0 Å². The van der Waals surface area contributed by atoms with Crippen LogP contribution < -0.4 is 0 Å². The van der Waals surface area contributed by atoms with Gasteiger partial charge < -0.3 is 4.74 Å². The molecule has 0 radical (unpaired) electrons. The predicted molar refractivity (Wildman–Crippen MR) is 43.0 cm³/mol. The topological polar surface area (TPSA) is 53.3 Å². The zero-order chi connectivity index (χ0) is 9.40. The van der Waals surface area contributed by atoms with Crippen molar-refractivity contribution in [2.45, 2.75) is 6.92 Å². The lowest BCUT2D eigenvalue weighted by Crippen LogP contribution is -2.32. The van der Waals surface area contributed by atoms with Gasteiger partial charge in [0.1, 0.15) is 6.54 Å². The molecule has 0 N–H and O–H groups in total. The lowest BCUT2D eigenvalue weighted by Gasteiger charge is -2.14. The first-order valence-corrected chi connectivity index (χ1v) is 3.48. The third kappa shape index (κ3) is 3.48. The molecule has 0 aromatic rings. The van der Waals surface area contributed by atoms with Crippen LogP contribution in [0.25, 0.3) is 0 Å². The van der Waals surface area contributed by atoms with Crippen molar-refractivity contribution in [3.63, 3.8) is 0 Å². The first-order valence-electron chi connectivity index (χ1n) is 3.48. The quantitative estimate of drug-likeness (QED) is 0.455. The van der Waals surface area contributed by atoms with Gasteiger partial charge in [-0.15, -0.1) is 6.42 Å². The van der Waals surface area contributed by atoms with E-state index in [1.807, 2.05) is 6.07 Å². The van der Waals surface area contributed by atoms with E-state index in [2.05, 4.69) is 10.7 Å². The normalized spacial score (nSPS) is 7.92. The van der Waals surface area contributed by atoms with Crippen molar-refractivity contribution in [3.8, 4) is 18.4 Å². The second-order valence-electron chi connectivity index (χ2n) is 1.92. The van der Waals surface area contributed by atoms with Crippen molar-refractivity contribution >= 4 is 6.09 Å². The van der Waals surface area contributed by atoms with E-state index in [-0.39, 0.29) is 19.7 Å². The lowest BCUT2D eigenvalue weighted by atomic mass is 10.5. The first kappa shape index (κ1) is 10.3. The molecule has 0 aliphatic heterocycles. The average molecular weight is 166 g/mol. The van der Waals surface area contributed by atoms with Crippen LogP contribution >= 0.6 is 0 Å². The van der Waals surface area contributed by atoms with Gasteiger partial charge in [0.15, 0.2) is 0 Å². The minimum atomic E-state index is -0.544. The molecule has 0 aromatic heterocycles. The highest BCUT2D eigenvalue weighted by atomic mass is 16.6. The maximum atomic E-state index is 11.0. The van der Waals surface area contributed by atoms with Crippen molar-refractivity contribution < 1.29 is 9.53 Å². The van der Waals surface area contributed by atoms with E-state index in [4.69, 9.17) is 11.7 Å². The second-order valence-corrected chi connectivity index (χ2v) is 1.92. The number of rotatable bonds is 3. The van der Waals surface area contributed by atoms with Gasteiger partial charge in [0, 0.05) is 0 Å². The summed E-state index contributed by atoms with van der Waals surface area (Å²) in [6, 6.07) is 1.82. The molecule has 0 atom stereocenters. The molecule has 4 nitrogen and oxygen atoms in total. The predicted octanol–water partition coefficient (Wildman–Crippen LogP) is 0.602. The Kier molecular flexibility index (Phi) is 5.21. The van der Waals surface area contributed by atoms with Gasteiger partial charge in [-0.25, -0.2) is 4.79 Å². The van der Waals surface area contributed by atoms with E-state index in [0.717, 1.165) is 4.90 Å². The van der Waals surface area contributed by atoms with Crippen LogP contribution in [0.15, 0.2) is 0 Å². The third-order valence-corrected chi connectivity index (χ3v) is 1.07. The fourth-order valence-corrected chi connectivity index (χ4v) is 0.595. The molecule has 0 saturated carbocycles. The van der Waals surface area contributed by atoms with Crippen molar-refractivity contribution in [1.29, 1.82) is 5.26 Å². The molecular formula is C8H10N2O2. The number of carbonyl (C=O) groups excluding carboxylic acids is 1. The van der Waals surface area contributed by atoms with Gasteiger partial charge in [-0.1, -0.05) is 5.92 Å². The Morgan fingerprint density at radius 2 is 2.33 bits per heavy atom. The smallest absolute Gasteiger partial charge is 0.411 e. The maximum Gasteiger partial charge on any atom is 0.411 e. The molecule has 0 saturated heterocycles. The zero-order valence-electron chi connectivity index (χ0n) is 6.91. The number of amides is 1. The Morgan fingerprint density at radius 1 is 1.67 bits per heavy atom. The number of nitrogens with zero attached hydrogens (tertiary/aromatic N) is 2. The Morgan fingerprint density at radius 3 is 2.75 bits per heavy atom. The van der Waals surface area contributed by atoms with Crippen LogP contribution in [0.2, 0.25) is 0 Å². The van der Waals surface area contributed by atoms with E-state index in [0.29, 0.717) is 0 Å². The largest absolute Gasteiger partial charge is 0.450 e. The van der Waals surface area contributed by atoms with E-state index < -0.39 is 6.09 Å². The fraction of sp³-hybridized carbons (Fsp3) is 0.500. The van der Waals surface area contributed by atoms with Gasteiger partial charge in [-0.2, -0.15) is 5.26 Å². The zero-order valence-corrected chi connectivity index (χ0v) is 6.91. The standard InChI is InChI=1S/C8H10N2O2/c1-3-6-10(7-5-9)8(11)12-4-2/h1H,4,6-7H2,2H3. The molecule has 0 spiro atoms. The molecule has 0 unspecified atom stereocenters. The highest BCUT2D eigenvalue weighted by molar-refractivity contribution is 5.68. The minimum absolute atomic E-state index is 0.0387. The van der Waals surface area contributed by atoms with Gasteiger partial charge in [0.25, 0.3) is 0 Å². The van der Waals surface area contributed by atoms with Gasteiger partial charge >= 0.3 is 6.09 Å². The number of hydrogen-bond acceptors (Lipinski definition) is 3. The summed E-state index contributed by atoms with van der Waals surface area (Å²) < 4.78 is 4.65. The van der Waals surface area contributed by atoms with E-state index in [9.17, 15) is 4.79 Å². The Balaban J connectivity index is 4.03. The SMILES string of the molecule is C#CCN(CC#N)C(=O)OCC. The van der Waals surface area contributed by atoms with Crippen LogP contribution in [0.4, 0.5) is 4.79 Å². The molecule has 0 bridgehead atoms. The van der Waals surface area contributed by atoms with Crippen LogP contribution in [0, 0.1) is 23.7 Å². The minimum Gasteiger partial charge on any atom is -0.450 e. The monoisotopic (exact) mass is 166 g/mol. The average Bonchev–Trinajstić information content (AvgIpc) is 2.04. The summed E-state index contributed by atoms with van der Waals surface area (Å²) in [6.07, 6.45) is 4.44. The summed E-state index contributed by atoms with van der Waals surface area (Å²) in [5.74, 6) is 2.27. The molecule has 0 aliphatic rings. The van der Waals surface area contributed by atoms with Gasteiger partial charge in [0.2, 0.25) is 0 Å². The summed E-state index contributed by atoms with van der Waals surface area (Å²) in [4.78, 5) is 12.1. The van der Waals surface area contributed by atoms with Crippen LogP contribution in [0.3, 0.4) is 0 Å². The van der Waals surface area contributed by atoms with Gasteiger partial charge in [0.05, 0.1) is 19.2 Å². The van der Waals surface area contributed by atoms with Crippen LogP contribution in [-0.4, -0.2) is 30.7 Å². The van der Waals surface area contributed by atoms with Crippen molar-refractivity contribution in [1.82, 2.24) is 4.90 Å². The molecule has 0 heterocycles.